The molecule has 0 saturated heterocycles. The fourth-order valence-corrected chi connectivity index (χ4v) is 3.72. The Labute approximate surface area is 136 Å². The zero-order valence-corrected chi connectivity index (χ0v) is 13.7. The average Bonchev–Trinajstić information content (AvgIpc) is 2.54. The molecule has 0 fully saturated rings. The van der Waals surface area contributed by atoms with Gasteiger partial charge in [-0.1, -0.05) is 44.2 Å². The highest BCUT2D eigenvalue weighted by molar-refractivity contribution is 5.98. The molecule has 1 amide bonds. The van der Waals surface area contributed by atoms with Gasteiger partial charge in [0.05, 0.1) is 11.8 Å². The van der Waals surface area contributed by atoms with Crippen LogP contribution < -0.4 is 4.90 Å². The summed E-state index contributed by atoms with van der Waals surface area (Å²) in [6, 6.07) is 7.99. The van der Waals surface area contributed by atoms with Crippen molar-refractivity contribution in [3.05, 3.63) is 42.0 Å². The number of carboxylic acids is 1. The van der Waals surface area contributed by atoms with Crippen LogP contribution in [0.5, 0.6) is 0 Å². The molecule has 0 spiro atoms. The number of hydrogen-bond acceptors (Lipinski definition) is 2. The molecule has 0 aromatic heterocycles. The van der Waals surface area contributed by atoms with E-state index in [4.69, 9.17) is 0 Å². The monoisotopic (exact) mass is 313 g/mol. The number of amides is 1. The Balaban J connectivity index is 1.94. The second-order valence-corrected chi connectivity index (χ2v) is 7.13. The summed E-state index contributed by atoms with van der Waals surface area (Å²) in [5, 5.41) is 9.43. The number of nitrogens with zero attached hydrogens (tertiary/aromatic N) is 1. The van der Waals surface area contributed by atoms with Crippen LogP contribution in [0.25, 0.3) is 0 Å². The van der Waals surface area contributed by atoms with Gasteiger partial charge in [-0.3, -0.25) is 9.59 Å². The highest BCUT2D eigenvalue weighted by Gasteiger charge is 2.40. The fraction of sp³-hybridized carbons (Fsp3) is 0.474. The van der Waals surface area contributed by atoms with Gasteiger partial charge in [0.1, 0.15) is 0 Å². The molecule has 0 bridgehead atoms. The Morgan fingerprint density at radius 2 is 1.78 bits per heavy atom. The van der Waals surface area contributed by atoms with E-state index in [1.807, 2.05) is 30.4 Å². The van der Waals surface area contributed by atoms with Crippen molar-refractivity contribution in [3.63, 3.8) is 0 Å². The van der Waals surface area contributed by atoms with Gasteiger partial charge < -0.3 is 10.0 Å². The summed E-state index contributed by atoms with van der Waals surface area (Å²) in [4.78, 5) is 26.4. The highest BCUT2D eigenvalue weighted by atomic mass is 16.4. The summed E-state index contributed by atoms with van der Waals surface area (Å²) in [6.45, 7) is 5.03. The van der Waals surface area contributed by atoms with Gasteiger partial charge >= 0.3 is 5.97 Å². The van der Waals surface area contributed by atoms with Gasteiger partial charge in [0.2, 0.25) is 5.91 Å². The maximum Gasteiger partial charge on any atom is 0.307 e. The molecular formula is C19H23NO3. The molecule has 1 aliphatic heterocycles. The van der Waals surface area contributed by atoms with Crippen molar-refractivity contribution in [2.24, 2.45) is 11.8 Å². The molecule has 4 heteroatoms. The molecule has 0 unspecified atom stereocenters. The van der Waals surface area contributed by atoms with E-state index < -0.39 is 17.8 Å². The van der Waals surface area contributed by atoms with Crippen molar-refractivity contribution >= 4 is 17.6 Å². The van der Waals surface area contributed by atoms with Crippen LogP contribution in [0.1, 0.15) is 38.7 Å². The lowest BCUT2D eigenvalue weighted by molar-refractivity contribution is -0.146. The van der Waals surface area contributed by atoms with E-state index in [0.29, 0.717) is 19.4 Å². The van der Waals surface area contributed by atoms with Crippen molar-refractivity contribution in [2.75, 3.05) is 11.4 Å². The third kappa shape index (κ3) is 2.78. The molecular weight excluding hydrogens is 290 g/mol. The van der Waals surface area contributed by atoms with Crippen LogP contribution in [0.15, 0.2) is 36.4 Å². The van der Waals surface area contributed by atoms with Crippen LogP contribution >= 0.6 is 0 Å². The number of benzene rings is 1. The van der Waals surface area contributed by atoms with Crippen LogP contribution in [0.2, 0.25) is 0 Å². The van der Waals surface area contributed by atoms with Crippen LogP contribution in [0, 0.1) is 11.8 Å². The van der Waals surface area contributed by atoms with E-state index in [0.717, 1.165) is 17.7 Å². The molecule has 23 heavy (non-hydrogen) atoms. The number of hydrogen-bond donors (Lipinski definition) is 1. The van der Waals surface area contributed by atoms with Gasteiger partial charge in [-0.05, 0) is 36.3 Å². The number of anilines is 1. The fourth-order valence-electron chi connectivity index (χ4n) is 3.72. The Morgan fingerprint density at radius 3 is 2.48 bits per heavy atom. The molecule has 122 valence electrons. The van der Waals surface area contributed by atoms with Gasteiger partial charge in [-0.15, -0.1) is 0 Å². The molecule has 3 rings (SSSR count). The highest BCUT2D eigenvalue weighted by Crippen LogP contribution is 2.41. The van der Waals surface area contributed by atoms with E-state index in [-0.39, 0.29) is 11.3 Å². The first kappa shape index (κ1) is 15.8. The van der Waals surface area contributed by atoms with E-state index in [1.165, 1.54) is 0 Å². The smallest absolute Gasteiger partial charge is 0.307 e. The Kier molecular flexibility index (Phi) is 4.00. The van der Waals surface area contributed by atoms with E-state index >= 15 is 0 Å². The minimum Gasteiger partial charge on any atom is -0.481 e. The van der Waals surface area contributed by atoms with Crippen molar-refractivity contribution in [2.45, 2.75) is 38.5 Å². The van der Waals surface area contributed by atoms with Crippen molar-refractivity contribution in [3.8, 4) is 0 Å². The molecule has 1 N–H and O–H groups in total. The van der Waals surface area contributed by atoms with E-state index in [1.54, 1.807) is 4.90 Å². The quantitative estimate of drug-likeness (QED) is 0.852. The predicted molar refractivity (Wildman–Crippen MR) is 89.4 cm³/mol. The standard InChI is InChI=1S/C19H23NO3/c1-19(2)11-12-20(16-10-6-5-9-15(16)19)17(21)13-7-3-4-8-14(13)18(22)23/h3-6,9-10,13-14H,7-8,11-12H2,1-2H3,(H,22,23)/t13-,14+/m1/s1. The van der Waals surface area contributed by atoms with Gasteiger partial charge in [0.25, 0.3) is 0 Å². The average molecular weight is 313 g/mol. The van der Waals surface area contributed by atoms with Crippen molar-refractivity contribution in [1.29, 1.82) is 0 Å². The number of fused-ring (bicyclic) bond motifs is 1. The molecule has 2 atom stereocenters. The molecule has 1 aliphatic carbocycles. The zero-order chi connectivity index (χ0) is 16.6. The van der Waals surface area contributed by atoms with Crippen LogP contribution in [0.3, 0.4) is 0 Å². The lowest BCUT2D eigenvalue weighted by Gasteiger charge is -2.41. The Bertz CT molecular complexity index is 662. The minimum atomic E-state index is -0.877. The maximum absolute atomic E-state index is 13.1. The van der Waals surface area contributed by atoms with E-state index in [9.17, 15) is 14.7 Å². The molecule has 0 radical (unpaired) electrons. The molecule has 4 nitrogen and oxygen atoms in total. The summed E-state index contributed by atoms with van der Waals surface area (Å²) in [5.41, 5.74) is 2.14. The Hall–Kier alpha value is -2.10. The Morgan fingerprint density at radius 1 is 1.13 bits per heavy atom. The number of para-hydroxylation sites is 1. The molecule has 1 aromatic carbocycles. The van der Waals surface area contributed by atoms with Gasteiger partial charge in [-0.25, -0.2) is 0 Å². The maximum atomic E-state index is 13.1. The summed E-state index contributed by atoms with van der Waals surface area (Å²) >= 11 is 0. The summed E-state index contributed by atoms with van der Waals surface area (Å²) in [5.74, 6) is -2.01. The number of carboxylic acid groups (broad SMARTS) is 1. The number of allylic oxidation sites excluding steroid dienone is 2. The normalized spacial score (nSPS) is 25.7. The lowest BCUT2D eigenvalue weighted by Crippen LogP contribution is -2.46. The third-order valence-electron chi connectivity index (χ3n) is 5.22. The first-order valence-corrected chi connectivity index (χ1v) is 8.20. The second-order valence-electron chi connectivity index (χ2n) is 7.13. The molecule has 1 heterocycles. The summed E-state index contributed by atoms with van der Waals surface area (Å²) in [7, 11) is 0. The topological polar surface area (TPSA) is 57.6 Å². The first-order valence-electron chi connectivity index (χ1n) is 8.20. The number of rotatable bonds is 2. The number of carbonyl (C=O) groups excluding carboxylic acids is 1. The van der Waals surface area contributed by atoms with Crippen molar-refractivity contribution < 1.29 is 14.7 Å². The minimum absolute atomic E-state index is 0.0338. The van der Waals surface area contributed by atoms with Gasteiger partial charge in [0.15, 0.2) is 0 Å². The lowest BCUT2D eigenvalue weighted by atomic mass is 9.76. The van der Waals surface area contributed by atoms with Crippen LogP contribution in [0.4, 0.5) is 5.69 Å². The number of aliphatic carboxylic acids is 1. The molecule has 2 aliphatic rings. The third-order valence-corrected chi connectivity index (χ3v) is 5.22. The largest absolute Gasteiger partial charge is 0.481 e. The number of carbonyl (C=O) groups is 2. The van der Waals surface area contributed by atoms with E-state index in [2.05, 4.69) is 19.9 Å². The predicted octanol–water partition coefficient (Wildman–Crippen LogP) is 3.37. The molecule has 0 saturated carbocycles. The van der Waals surface area contributed by atoms with Gasteiger partial charge in [0, 0.05) is 12.2 Å². The first-order chi connectivity index (χ1) is 10.9. The molecule has 1 aromatic rings. The van der Waals surface area contributed by atoms with Crippen LogP contribution in [-0.4, -0.2) is 23.5 Å². The summed E-state index contributed by atoms with van der Waals surface area (Å²) in [6.07, 6.45) is 5.64. The van der Waals surface area contributed by atoms with Gasteiger partial charge in [-0.2, -0.15) is 0 Å². The zero-order valence-electron chi connectivity index (χ0n) is 13.7. The second kappa shape index (κ2) is 5.84. The van der Waals surface area contributed by atoms with Crippen molar-refractivity contribution in [1.82, 2.24) is 0 Å². The van der Waals surface area contributed by atoms with Crippen LogP contribution in [-0.2, 0) is 15.0 Å². The summed E-state index contributed by atoms with van der Waals surface area (Å²) < 4.78 is 0. The SMILES string of the molecule is CC1(C)CCN(C(=O)[C@@H]2CC=CC[C@@H]2C(=O)O)c2ccccc21.